The summed E-state index contributed by atoms with van der Waals surface area (Å²) in [6, 6.07) is 21.5. The van der Waals surface area contributed by atoms with Gasteiger partial charge in [0.2, 0.25) is 0 Å². The first-order valence-electron chi connectivity index (χ1n) is 8.03. The minimum atomic E-state index is -0.305. The Kier molecular flexibility index (Phi) is 6.12. The van der Waals surface area contributed by atoms with E-state index in [0.717, 1.165) is 10.0 Å². The molecular weight excluding hydrogens is 428 g/mol. The molecule has 0 aliphatic heterocycles. The van der Waals surface area contributed by atoms with Gasteiger partial charge in [-0.05, 0) is 48.0 Å². The second kappa shape index (κ2) is 8.72. The van der Waals surface area contributed by atoms with Gasteiger partial charge in [0.05, 0.1) is 22.2 Å². The van der Waals surface area contributed by atoms with Gasteiger partial charge in [-0.3, -0.25) is 4.79 Å². The summed E-state index contributed by atoms with van der Waals surface area (Å²) in [5.41, 5.74) is 2.46. The van der Waals surface area contributed by atoms with Crippen molar-refractivity contribution in [3.8, 4) is 11.8 Å². The Labute approximate surface area is 170 Å². The highest BCUT2D eigenvalue weighted by Crippen LogP contribution is 2.24. The zero-order valence-corrected chi connectivity index (χ0v) is 16.4. The van der Waals surface area contributed by atoms with E-state index in [1.54, 1.807) is 54.6 Å². The summed E-state index contributed by atoms with van der Waals surface area (Å²) in [5, 5.41) is 12.1. The molecule has 1 N–H and O–H groups in total. The topological polar surface area (TPSA) is 62.1 Å². The van der Waals surface area contributed by atoms with Crippen LogP contribution in [0, 0.1) is 11.3 Å². The maximum atomic E-state index is 12.5. The van der Waals surface area contributed by atoms with Crippen LogP contribution in [-0.4, -0.2) is 5.91 Å². The van der Waals surface area contributed by atoms with Crippen LogP contribution in [0.2, 0.25) is 5.02 Å². The van der Waals surface area contributed by atoms with E-state index in [1.165, 1.54) is 0 Å². The molecule has 6 heteroatoms. The lowest BCUT2D eigenvalue weighted by Gasteiger charge is -2.10. The highest BCUT2D eigenvalue weighted by atomic mass is 79.9. The van der Waals surface area contributed by atoms with Gasteiger partial charge in [-0.2, -0.15) is 5.26 Å². The van der Waals surface area contributed by atoms with Crippen LogP contribution in [0.1, 0.15) is 21.5 Å². The van der Waals surface area contributed by atoms with E-state index in [2.05, 4.69) is 27.3 Å². The summed E-state index contributed by atoms with van der Waals surface area (Å²) in [4.78, 5) is 12.5. The van der Waals surface area contributed by atoms with Crippen molar-refractivity contribution in [1.82, 2.24) is 0 Å². The molecule has 0 unspecified atom stereocenters. The van der Waals surface area contributed by atoms with Crippen LogP contribution in [0.25, 0.3) is 0 Å². The molecule has 134 valence electrons. The Morgan fingerprint density at radius 3 is 2.74 bits per heavy atom. The van der Waals surface area contributed by atoms with Gasteiger partial charge >= 0.3 is 0 Å². The molecule has 1 amide bonds. The Morgan fingerprint density at radius 1 is 1.11 bits per heavy atom. The number of rotatable bonds is 5. The number of amides is 1. The van der Waals surface area contributed by atoms with E-state index in [9.17, 15) is 4.79 Å². The highest BCUT2D eigenvalue weighted by Gasteiger charge is 2.11. The third-order valence-corrected chi connectivity index (χ3v) is 4.55. The van der Waals surface area contributed by atoms with Gasteiger partial charge < -0.3 is 10.1 Å². The largest absolute Gasteiger partial charge is 0.489 e. The number of carbonyl (C=O) groups is 1. The Hall–Kier alpha value is -2.81. The first-order chi connectivity index (χ1) is 13.0. The number of carbonyl (C=O) groups excluding carboxylic acids is 1. The van der Waals surface area contributed by atoms with Crippen LogP contribution in [0.3, 0.4) is 0 Å². The number of nitrogens with zero attached hydrogens (tertiary/aromatic N) is 1. The third kappa shape index (κ3) is 5.10. The van der Waals surface area contributed by atoms with Crippen molar-refractivity contribution in [2.45, 2.75) is 6.61 Å². The van der Waals surface area contributed by atoms with E-state index in [-0.39, 0.29) is 5.91 Å². The molecule has 0 aliphatic carbocycles. The molecular formula is C21H14BrClN2O2. The maximum absolute atomic E-state index is 12.5. The fourth-order valence-electron chi connectivity index (χ4n) is 2.43. The van der Waals surface area contributed by atoms with Crippen molar-refractivity contribution < 1.29 is 9.53 Å². The molecule has 0 aromatic heterocycles. The molecule has 3 aromatic carbocycles. The summed E-state index contributed by atoms with van der Waals surface area (Å²) >= 11 is 9.44. The standard InChI is InChI=1S/C21H14BrClN2O2/c22-16-7-8-20(23)19(10-16)21(26)25-17-5-2-6-18(11-17)27-13-15-4-1-3-14(9-15)12-24/h1-11H,13H2,(H,25,26). The average Bonchev–Trinajstić information content (AvgIpc) is 2.68. The Balaban J connectivity index is 1.69. The number of hydrogen-bond donors (Lipinski definition) is 1. The molecule has 0 saturated heterocycles. The minimum absolute atomic E-state index is 0.305. The number of benzene rings is 3. The number of halogens is 2. The van der Waals surface area contributed by atoms with Gasteiger partial charge in [-0.25, -0.2) is 0 Å². The Bertz CT molecular complexity index is 1030. The number of hydrogen-bond acceptors (Lipinski definition) is 3. The fourth-order valence-corrected chi connectivity index (χ4v) is 3.00. The SMILES string of the molecule is N#Cc1cccc(COc2cccc(NC(=O)c3cc(Br)ccc3Cl)c2)c1. The van der Waals surface area contributed by atoms with Crippen molar-refractivity contribution in [3.63, 3.8) is 0 Å². The Morgan fingerprint density at radius 2 is 1.93 bits per heavy atom. The van der Waals surface area contributed by atoms with Gasteiger partial charge in [0.15, 0.2) is 0 Å². The zero-order chi connectivity index (χ0) is 19.2. The van der Waals surface area contributed by atoms with Crippen molar-refractivity contribution in [3.05, 3.63) is 92.9 Å². The first kappa shape index (κ1) is 19.0. The van der Waals surface area contributed by atoms with E-state index < -0.39 is 0 Å². The van der Waals surface area contributed by atoms with Crippen LogP contribution in [0.5, 0.6) is 5.75 Å². The lowest BCUT2D eigenvalue weighted by Crippen LogP contribution is -2.12. The zero-order valence-electron chi connectivity index (χ0n) is 14.1. The predicted molar refractivity (Wildman–Crippen MR) is 109 cm³/mol. The van der Waals surface area contributed by atoms with Crippen molar-refractivity contribution in [2.75, 3.05) is 5.32 Å². The number of nitriles is 1. The fraction of sp³-hybridized carbons (Fsp3) is 0.0476. The molecule has 0 heterocycles. The average molecular weight is 442 g/mol. The number of ether oxygens (including phenoxy) is 1. The molecule has 4 nitrogen and oxygen atoms in total. The summed E-state index contributed by atoms with van der Waals surface area (Å²) in [6.07, 6.45) is 0. The summed E-state index contributed by atoms with van der Waals surface area (Å²) in [7, 11) is 0. The van der Waals surface area contributed by atoms with Crippen LogP contribution in [0.15, 0.2) is 71.2 Å². The first-order valence-corrected chi connectivity index (χ1v) is 9.20. The lowest BCUT2D eigenvalue weighted by molar-refractivity contribution is 0.102. The molecule has 0 aliphatic rings. The van der Waals surface area contributed by atoms with Crippen LogP contribution >= 0.6 is 27.5 Å². The highest BCUT2D eigenvalue weighted by molar-refractivity contribution is 9.10. The van der Waals surface area contributed by atoms with E-state index in [0.29, 0.717) is 34.2 Å². The molecule has 0 saturated carbocycles. The molecule has 3 aromatic rings. The maximum Gasteiger partial charge on any atom is 0.257 e. The molecule has 0 fully saturated rings. The monoisotopic (exact) mass is 440 g/mol. The molecule has 0 bridgehead atoms. The second-order valence-electron chi connectivity index (χ2n) is 5.71. The quantitative estimate of drug-likeness (QED) is 0.544. The van der Waals surface area contributed by atoms with Crippen molar-refractivity contribution >= 4 is 39.1 Å². The molecule has 0 spiro atoms. The van der Waals surface area contributed by atoms with E-state index >= 15 is 0 Å². The summed E-state index contributed by atoms with van der Waals surface area (Å²) < 4.78 is 6.54. The minimum Gasteiger partial charge on any atom is -0.489 e. The number of anilines is 1. The van der Waals surface area contributed by atoms with Gasteiger partial charge in [0.1, 0.15) is 12.4 Å². The van der Waals surface area contributed by atoms with Gasteiger partial charge in [-0.15, -0.1) is 0 Å². The normalized spacial score (nSPS) is 10.1. The van der Waals surface area contributed by atoms with Crippen LogP contribution in [-0.2, 0) is 6.61 Å². The van der Waals surface area contributed by atoms with Crippen LogP contribution in [0.4, 0.5) is 5.69 Å². The smallest absolute Gasteiger partial charge is 0.257 e. The molecule has 27 heavy (non-hydrogen) atoms. The van der Waals surface area contributed by atoms with Gasteiger partial charge in [0, 0.05) is 16.2 Å². The van der Waals surface area contributed by atoms with Crippen molar-refractivity contribution in [2.24, 2.45) is 0 Å². The molecule has 0 radical (unpaired) electrons. The van der Waals surface area contributed by atoms with Gasteiger partial charge in [-0.1, -0.05) is 45.7 Å². The van der Waals surface area contributed by atoms with Gasteiger partial charge in [0.25, 0.3) is 5.91 Å². The van der Waals surface area contributed by atoms with Crippen molar-refractivity contribution in [1.29, 1.82) is 5.26 Å². The second-order valence-corrected chi connectivity index (χ2v) is 7.03. The number of nitrogens with one attached hydrogen (secondary N) is 1. The predicted octanol–water partition coefficient (Wildman–Crippen LogP) is 5.81. The molecule has 3 rings (SSSR count). The molecule has 0 atom stereocenters. The lowest BCUT2D eigenvalue weighted by atomic mass is 10.1. The third-order valence-electron chi connectivity index (χ3n) is 3.73. The summed E-state index contributed by atoms with van der Waals surface area (Å²) in [6.45, 7) is 0.324. The van der Waals surface area contributed by atoms with Crippen LogP contribution < -0.4 is 10.1 Å². The van der Waals surface area contributed by atoms with E-state index in [1.807, 2.05) is 12.1 Å². The summed E-state index contributed by atoms with van der Waals surface area (Å²) in [5.74, 6) is 0.302. The van der Waals surface area contributed by atoms with E-state index in [4.69, 9.17) is 21.6 Å².